The van der Waals surface area contributed by atoms with Crippen LogP contribution in [0.15, 0.2) is 12.3 Å². The fraction of sp³-hybridized carbons (Fsp3) is 0.600. The summed E-state index contributed by atoms with van der Waals surface area (Å²) in [7, 11) is 0. The fourth-order valence-corrected chi connectivity index (χ4v) is 2.67. The van der Waals surface area contributed by atoms with E-state index in [1.165, 1.54) is 0 Å². The molecule has 1 unspecified atom stereocenters. The topological polar surface area (TPSA) is 56.7 Å². The first-order chi connectivity index (χ1) is 9.60. The molecule has 2 N–H and O–H groups in total. The molecule has 0 aliphatic carbocycles. The molecule has 2 aromatic rings. The Balaban J connectivity index is 2.55. The standard InChI is InChI=1S/C15H23ClN4/c1-4-10(5-2)14-19-13-7-11(16)8-18-15(13)20(14)9-12(17)6-3/h7-8,10,12H,4-6,9,17H2,1-3H3. The number of imidazole rings is 1. The van der Waals surface area contributed by atoms with Crippen molar-refractivity contribution >= 4 is 22.8 Å². The number of nitrogens with zero attached hydrogens (tertiary/aromatic N) is 3. The highest BCUT2D eigenvalue weighted by atomic mass is 35.5. The lowest BCUT2D eigenvalue weighted by Crippen LogP contribution is -2.26. The van der Waals surface area contributed by atoms with Crippen LogP contribution in [-0.2, 0) is 6.54 Å². The second kappa shape index (κ2) is 6.55. The van der Waals surface area contributed by atoms with Crippen molar-refractivity contribution in [3.8, 4) is 0 Å². The van der Waals surface area contributed by atoms with Gasteiger partial charge in [-0.15, -0.1) is 0 Å². The molecule has 0 saturated carbocycles. The molecule has 0 bridgehead atoms. The zero-order chi connectivity index (χ0) is 14.7. The van der Waals surface area contributed by atoms with E-state index in [0.717, 1.165) is 42.8 Å². The van der Waals surface area contributed by atoms with E-state index >= 15 is 0 Å². The van der Waals surface area contributed by atoms with Gasteiger partial charge in [0.2, 0.25) is 0 Å². The van der Waals surface area contributed by atoms with Gasteiger partial charge in [0.05, 0.1) is 5.02 Å². The van der Waals surface area contributed by atoms with Crippen LogP contribution in [0.2, 0.25) is 5.02 Å². The van der Waals surface area contributed by atoms with Crippen molar-refractivity contribution in [1.29, 1.82) is 0 Å². The molecule has 2 aromatic heterocycles. The summed E-state index contributed by atoms with van der Waals surface area (Å²) in [4.78, 5) is 9.22. The molecule has 2 heterocycles. The summed E-state index contributed by atoms with van der Waals surface area (Å²) >= 11 is 6.02. The molecule has 0 fully saturated rings. The average molecular weight is 295 g/mol. The molecular formula is C15H23ClN4. The summed E-state index contributed by atoms with van der Waals surface area (Å²) in [6.07, 6.45) is 4.75. The number of pyridine rings is 1. The van der Waals surface area contributed by atoms with Crippen LogP contribution in [0.25, 0.3) is 11.2 Å². The van der Waals surface area contributed by atoms with E-state index in [9.17, 15) is 0 Å². The lowest BCUT2D eigenvalue weighted by molar-refractivity contribution is 0.497. The third-order valence-electron chi connectivity index (χ3n) is 3.87. The minimum Gasteiger partial charge on any atom is -0.326 e. The monoisotopic (exact) mass is 294 g/mol. The van der Waals surface area contributed by atoms with E-state index in [2.05, 4.69) is 30.3 Å². The van der Waals surface area contributed by atoms with Crippen LogP contribution in [-0.4, -0.2) is 20.6 Å². The Kier molecular flexibility index (Phi) is 5.00. The second-order valence-corrected chi connectivity index (χ2v) is 5.70. The lowest BCUT2D eigenvalue weighted by Gasteiger charge is -2.17. The second-order valence-electron chi connectivity index (χ2n) is 5.26. The normalized spacial score (nSPS) is 13.3. The minimum absolute atomic E-state index is 0.123. The van der Waals surface area contributed by atoms with E-state index in [1.807, 2.05) is 6.07 Å². The summed E-state index contributed by atoms with van der Waals surface area (Å²) in [5.41, 5.74) is 7.89. The Labute approximate surface area is 125 Å². The van der Waals surface area contributed by atoms with Crippen molar-refractivity contribution in [1.82, 2.24) is 14.5 Å². The number of rotatable bonds is 6. The minimum atomic E-state index is 0.123. The fourth-order valence-electron chi connectivity index (χ4n) is 2.51. The highest BCUT2D eigenvalue weighted by Gasteiger charge is 2.19. The van der Waals surface area contributed by atoms with Gasteiger partial charge in [-0.05, 0) is 25.3 Å². The van der Waals surface area contributed by atoms with Crippen LogP contribution >= 0.6 is 11.6 Å². The Morgan fingerprint density at radius 1 is 1.25 bits per heavy atom. The van der Waals surface area contributed by atoms with Crippen molar-refractivity contribution in [2.75, 3.05) is 0 Å². The third-order valence-corrected chi connectivity index (χ3v) is 4.08. The van der Waals surface area contributed by atoms with Crippen molar-refractivity contribution in [2.24, 2.45) is 5.73 Å². The average Bonchev–Trinajstić information content (AvgIpc) is 2.78. The van der Waals surface area contributed by atoms with E-state index < -0.39 is 0 Å². The molecule has 0 aliphatic rings. The molecule has 110 valence electrons. The zero-order valence-corrected chi connectivity index (χ0v) is 13.2. The Hall–Kier alpha value is -1.13. The highest BCUT2D eigenvalue weighted by molar-refractivity contribution is 6.31. The number of aromatic nitrogens is 3. The SMILES string of the molecule is CCC(N)Cn1c(C(CC)CC)nc2cc(Cl)cnc21. The largest absolute Gasteiger partial charge is 0.326 e. The molecule has 0 aromatic carbocycles. The van der Waals surface area contributed by atoms with Gasteiger partial charge in [0.1, 0.15) is 11.3 Å². The molecule has 5 heteroatoms. The van der Waals surface area contributed by atoms with E-state index in [-0.39, 0.29) is 6.04 Å². The van der Waals surface area contributed by atoms with Gasteiger partial charge in [-0.2, -0.15) is 0 Å². The van der Waals surface area contributed by atoms with Gasteiger partial charge in [-0.1, -0.05) is 32.4 Å². The maximum atomic E-state index is 6.13. The Bertz CT molecular complexity index is 575. The molecule has 1 atom stereocenters. The van der Waals surface area contributed by atoms with Gasteiger partial charge in [0.25, 0.3) is 0 Å². The summed E-state index contributed by atoms with van der Waals surface area (Å²) in [6, 6.07) is 2.00. The van der Waals surface area contributed by atoms with Gasteiger partial charge >= 0.3 is 0 Å². The predicted molar refractivity (Wildman–Crippen MR) is 84.1 cm³/mol. The van der Waals surface area contributed by atoms with Crippen LogP contribution in [0, 0.1) is 0 Å². The summed E-state index contributed by atoms with van der Waals surface area (Å²) in [5.74, 6) is 1.52. The van der Waals surface area contributed by atoms with Crippen molar-refractivity contribution in [3.63, 3.8) is 0 Å². The van der Waals surface area contributed by atoms with Crippen LogP contribution in [0.5, 0.6) is 0 Å². The molecule has 0 spiro atoms. The number of hydrogen-bond acceptors (Lipinski definition) is 3. The van der Waals surface area contributed by atoms with Gasteiger partial charge in [0, 0.05) is 24.7 Å². The summed E-state index contributed by atoms with van der Waals surface area (Å²) < 4.78 is 2.18. The third kappa shape index (κ3) is 2.96. The highest BCUT2D eigenvalue weighted by Crippen LogP contribution is 2.27. The van der Waals surface area contributed by atoms with Gasteiger partial charge in [-0.25, -0.2) is 9.97 Å². The number of halogens is 1. The van der Waals surface area contributed by atoms with E-state index in [4.69, 9.17) is 22.3 Å². The van der Waals surface area contributed by atoms with Gasteiger partial charge < -0.3 is 10.3 Å². The van der Waals surface area contributed by atoms with Gasteiger partial charge in [-0.3, -0.25) is 0 Å². The Morgan fingerprint density at radius 2 is 1.95 bits per heavy atom. The molecule has 0 radical (unpaired) electrons. The predicted octanol–water partition coefficient (Wildman–Crippen LogP) is 3.73. The number of hydrogen-bond donors (Lipinski definition) is 1. The molecule has 20 heavy (non-hydrogen) atoms. The van der Waals surface area contributed by atoms with Crippen molar-refractivity contribution < 1.29 is 0 Å². The maximum absolute atomic E-state index is 6.13. The molecule has 0 aliphatic heterocycles. The Morgan fingerprint density at radius 3 is 2.55 bits per heavy atom. The molecule has 2 rings (SSSR count). The number of fused-ring (bicyclic) bond motifs is 1. The first-order valence-corrected chi connectivity index (χ1v) is 7.75. The number of nitrogens with two attached hydrogens (primary N) is 1. The smallest absolute Gasteiger partial charge is 0.160 e. The molecule has 0 saturated heterocycles. The van der Waals surface area contributed by atoms with Gasteiger partial charge in [0.15, 0.2) is 5.65 Å². The molecule has 4 nitrogen and oxygen atoms in total. The quantitative estimate of drug-likeness (QED) is 0.883. The van der Waals surface area contributed by atoms with Crippen LogP contribution in [0.1, 0.15) is 51.8 Å². The zero-order valence-electron chi connectivity index (χ0n) is 12.4. The lowest BCUT2D eigenvalue weighted by atomic mass is 10.0. The summed E-state index contributed by atoms with van der Waals surface area (Å²) in [6.45, 7) is 7.24. The van der Waals surface area contributed by atoms with Crippen molar-refractivity contribution in [3.05, 3.63) is 23.1 Å². The maximum Gasteiger partial charge on any atom is 0.160 e. The van der Waals surface area contributed by atoms with E-state index in [1.54, 1.807) is 6.20 Å². The first kappa shape index (κ1) is 15.3. The summed E-state index contributed by atoms with van der Waals surface area (Å²) in [5, 5.41) is 0.623. The van der Waals surface area contributed by atoms with Crippen LogP contribution < -0.4 is 5.73 Å². The van der Waals surface area contributed by atoms with E-state index in [0.29, 0.717) is 10.9 Å². The first-order valence-electron chi connectivity index (χ1n) is 7.37. The molecule has 0 amide bonds. The van der Waals surface area contributed by atoms with Crippen LogP contribution in [0.4, 0.5) is 0 Å². The van der Waals surface area contributed by atoms with Crippen LogP contribution in [0.3, 0.4) is 0 Å². The van der Waals surface area contributed by atoms with Crippen molar-refractivity contribution in [2.45, 2.75) is 58.5 Å². The molecular weight excluding hydrogens is 272 g/mol.